The summed E-state index contributed by atoms with van der Waals surface area (Å²) >= 11 is 0. The lowest BCUT2D eigenvalue weighted by atomic mass is 9.75. The first-order valence-corrected chi connectivity index (χ1v) is 9.20. The minimum absolute atomic E-state index is 0.0471. The van der Waals surface area contributed by atoms with Gasteiger partial charge in [0.25, 0.3) is 0 Å². The molecule has 1 amide bonds. The zero-order valence-corrected chi connectivity index (χ0v) is 16.4. The summed E-state index contributed by atoms with van der Waals surface area (Å²) < 4.78 is 2.25. The van der Waals surface area contributed by atoms with E-state index in [-0.39, 0.29) is 36.2 Å². The molecule has 1 aromatic rings. The molecule has 25 heavy (non-hydrogen) atoms. The van der Waals surface area contributed by atoms with Gasteiger partial charge in [0, 0.05) is 36.0 Å². The molecule has 1 atom stereocenters. The van der Waals surface area contributed by atoms with Crippen LogP contribution in [0.5, 0.6) is 0 Å². The number of hydrogen-bond acceptors (Lipinski definition) is 3. The Morgan fingerprint density at radius 1 is 1.28 bits per heavy atom. The van der Waals surface area contributed by atoms with E-state index in [1.165, 1.54) is 0 Å². The van der Waals surface area contributed by atoms with Gasteiger partial charge in [0.15, 0.2) is 5.78 Å². The average Bonchev–Trinajstić information content (AvgIpc) is 2.71. The van der Waals surface area contributed by atoms with E-state index in [2.05, 4.69) is 37.6 Å². The largest absolute Gasteiger partial charge is 0.394 e. The number of nitrogens with zero attached hydrogens (tertiary/aromatic N) is 1. The van der Waals surface area contributed by atoms with Crippen molar-refractivity contribution in [3.8, 4) is 0 Å². The molecule has 1 aliphatic rings. The minimum Gasteiger partial charge on any atom is -0.394 e. The lowest BCUT2D eigenvalue weighted by Crippen LogP contribution is -2.36. The van der Waals surface area contributed by atoms with Crippen LogP contribution in [0.1, 0.15) is 68.3 Å². The van der Waals surface area contributed by atoms with Gasteiger partial charge >= 0.3 is 0 Å². The van der Waals surface area contributed by atoms with Crippen LogP contribution in [0.2, 0.25) is 0 Å². The average molecular weight is 348 g/mol. The van der Waals surface area contributed by atoms with E-state index in [4.69, 9.17) is 5.11 Å². The number of Topliss-reactive ketones (excluding diaryl/α,β-unsaturated/α-hetero) is 1. The summed E-state index contributed by atoms with van der Waals surface area (Å²) in [5, 5.41) is 11.9. The number of aromatic nitrogens is 1. The Labute approximate surface area is 150 Å². The van der Waals surface area contributed by atoms with Crippen LogP contribution in [0.15, 0.2) is 0 Å². The molecule has 2 rings (SSSR count). The predicted molar refractivity (Wildman–Crippen MR) is 98.8 cm³/mol. The van der Waals surface area contributed by atoms with Crippen molar-refractivity contribution in [3.63, 3.8) is 0 Å². The molecule has 1 aromatic heterocycles. The van der Waals surface area contributed by atoms with Gasteiger partial charge in [-0.2, -0.15) is 0 Å². The monoisotopic (exact) mass is 348 g/mol. The molecule has 0 saturated heterocycles. The smallest absolute Gasteiger partial charge is 0.224 e. The van der Waals surface area contributed by atoms with E-state index < -0.39 is 0 Å². The molecule has 5 heteroatoms. The quantitative estimate of drug-likeness (QED) is 0.830. The van der Waals surface area contributed by atoms with E-state index in [0.717, 1.165) is 35.5 Å². The number of aliphatic hydroxyl groups excluding tert-OH is 1. The first-order chi connectivity index (χ1) is 11.6. The highest BCUT2D eigenvalue weighted by atomic mass is 16.3. The molecule has 5 nitrogen and oxygen atoms in total. The molecule has 0 aromatic carbocycles. The lowest BCUT2D eigenvalue weighted by Gasteiger charge is -2.30. The first-order valence-electron chi connectivity index (χ1n) is 9.20. The van der Waals surface area contributed by atoms with Crippen molar-refractivity contribution in [2.45, 2.75) is 73.4 Å². The second-order valence-electron chi connectivity index (χ2n) is 8.66. The van der Waals surface area contributed by atoms with Gasteiger partial charge in [-0.3, -0.25) is 9.59 Å². The van der Waals surface area contributed by atoms with Crippen LogP contribution in [0.25, 0.3) is 0 Å². The maximum Gasteiger partial charge on any atom is 0.224 e. The Bertz CT molecular complexity index is 671. The molecule has 2 N–H and O–H groups in total. The third kappa shape index (κ3) is 4.32. The highest BCUT2D eigenvalue weighted by Crippen LogP contribution is 2.39. The molecular formula is C20H32N2O3. The second kappa shape index (κ2) is 7.32. The number of aliphatic hydroxyl groups is 1. The Morgan fingerprint density at radius 2 is 1.92 bits per heavy atom. The van der Waals surface area contributed by atoms with Crippen molar-refractivity contribution in [3.05, 3.63) is 22.5 Å². The Balaban J connectivity index is 2.45. The van der Waals surface area contributed by atoms with Gasteiger partial charge in [0.1, 0.15) is 0 Å². The summed E-state index contributed by atoms with van der Waals surface area (Å²) in [4.78, 5) is 25.2. The number of carbonyl (C=O) groups is 2. The predicted octanol–water partition coefficient (Wildman–Crippen LogP) is 2.65. The van der Waals surface area contributed by atoms with E-state index in [9.17, 15) is 9.59 Å². The molecular weight excluding hydrogens is 316 g/mol. The Hall–Kier alpha value is -1.62. The standard InChI is InChI=1S/C20H32N2O3/c1-12(2)10-22-14(4)15(7-18(25)21-13(3)11-23)19-16(22)8-20(5,6)9-17(19)24/h12-13,23H,7-11H2,1-6H3,(H,21,25)/t13-/m0/s1. The van der Waals surface area contributed by atoms with E-state index in [1.807, 2.05) is 6.92 Å². The third-order valence-electron chi connectivity index (χ3n) is 4.89. The number of amides is 1. The third-order valence-corrected chi connectivity index (χ3v) is 4.89. The van der Waals surface area contributed by atoms with Crippen LogP contribution in [-0.2, 0) is 24.2 Å². The topological polar surface area (TPSA) is 71.3 Å². The molecule has 0 spiro atoms. The van der Waals surface area contributed by atoms with E-state index in [0.29, 0.717) is 12.3 Å². The molecule has 0 aliphatic heterocycles. The Morgan fingerprint density at radius 3 is 2.48 bits per heavy atom. The fourth-order valence-corrected chi connectivity index (χ4v) is 3.77. The van der Waals surface area contributed by atoms with Gasteiger partial charge in [-0.05, 0) is 37.2 Å². The van der Waals surface area contributed by atoms with Crippen LogP contribution in [0.3, 0.4) is 0 Å². The molecule has 1 aliphatic carbocycles. The van der Waals surface area contributed by atoms with Crippen LogP contribution >= 0.6 is 0 Å². The summed E-state index contributed by atoms with van der Waals surface area (Å²) in [5.41, 5.74) is 3.69. The number of nitrogens with one attached hydrogen (secondary N) is 1. The van der Waals surface area contributed by atoms with Crippen LogP contribution < -0.4 is 5.32 Å². The van der Waals surface area contributed by atoms with E-state index in [1.54, 1.807) is 6.92 Å². The van der Waals surface area contributed by atoms with Gasteiger partial charge in [-0.25, -0.2) is 0 Å². The number of hydrogen-bond donors (Lipinski definition) is 2. The van der Waals surface area contributed by atoms with Gasteiger partial charge in [-0.15, -0.1) is 0 Å². The molecule has 0 radical (unpaired) electrons. The van der Waals surface area contributed by atoms with Gasteiger partial charge < -0.3 is 15.0 Å². The summed E-state index contributed by atoms with van der Waals surface area (Å²) in [6.45, 7) is 13.1. The fourth-order valence-electron chi connectivity index (χ4n) is 3.77. The molecule has 0 bridgehead atoms. The van der Waals surface area contributed by atoms with Crippen molar-refractivity contribution in [2.24, 2.45) is 11.3 Å². The SMILES string of the molecule is Cc1c(CC(=O)N[C@@H](C)CO)c2c(n1CC(C)C)CC(C)(C)CC2=O. The molecule has 0 fully saturated rings. The maximum atomic E-state index is 12.8. The highest BCUT2D eigenvalue weighted by molar-refractivity contribution is 6.01. The highest BCUT2D eigenvalue weighted by Gasteiger charge is 2.37. The van der Waals surface area contributed by atoms with Crippen LogP contribution in [-0.4, -0.2) is 34.0 Å². The summed E-state index contributed by atoms with van der Waals surface area (Å²) in [5.74, 6) is 0.466. The molecule has 1 heterocycles. The van der Waals surface area contributed by atoms with Crippen molar-refractivity contribution >= 4 is 11.7 Å². The van der Waals surface area contributed by atoms with Crippen LogP contribution in [0, 0.1) is 18.3 Å². The zero-order valence-electron chi connectivity index (χ0n) is 16.4. The minimum atomic E-state index is -0.281. The zero-order chi connectivity index (χ0) is 18.9. The maximum absolute atomic E-state index is 12.8. The van der Waals surface area contributed by atoms with Crippen LogP contribution in [0.4, 0.5) is 0 Å². The number of fused-ring (bicyclic) bond motifs is 1. The van der Waals surface area contributed by atoms with E-state index >= 15 is 0 Å². The number of carbonyl (C=O) groups excluding carboxylic acids is 2. The number of ketones is 1. The Kier molecular flexibility index (Phi) is 5.77. The van der Waals surface area contributed by atoms with Crippen molar-refractivity contribution < 1.29 is 14.7 Å². The van der Waals surface area contributed by atoms with Crippen molar-refractivity contribution in [2.75, 3.05) is 6.61 Å². The van der Waals surface area contributed by atoms with Gasteiger partial charge in [0.05, 0.1) is 13.0 Å². The van der Waals surface area contributed by atoms with Gasteiger partial charge in [-0.1, -0.05) is 27.7 Å². The van der Waals surface area contributed by atoms with Crippen molar-refractivity contribution in [1.29, 1.82) is 0 Å². The summed E-state index contributed by atoms with van der Waals surface area (Å²) in [6.07, 6.45) is 1.57. The number of rotatable bonds is 6. The second-order valence-corrected chi connectivity index (χ2v) is 8.66. The molecule has 0 saturated carbocycles. The summed E-state index contributed by atoms with van der Waals surface area (Å²) in [6, 6.07) is -0.281. The lowest BCUT2D eigenvalue weighted by molar-refractivity contribution is -0.121. The normalized spacial score (nSPS) is 17.5. The summed E-state index contributed by atoms with van der Waals surface area (Å²) in [7, 11) is 0. The van der Waals surface area contributed by atoms with Gasteiger partial charge in [0.2, 0.25) is 5.91 Å². The molecule has 0 unspecified atom stereocenters. The fraction of sp³-hybridized carbons (Fsp3) is 0.700. The van der Waals surface area contributed by atoms with Crippen molar-refractivity contribution in [1.82, 2.24) is 9.88 Å². The first kappa shape index (κ1) is 19.7. The molecule has 140 valence electrons.